The fourth-order valence-electron chi connectivity index (χ4n) is 1.38. The van der Waals surface area contributed by atoms with Gasteiger partial charge in [0.25, 0.3) is 0 Å². The van der Waals surface area contributed by atoms with Crippen LogP contribution in [0.15, 0.2) is 12.1 Å². The normalized spacial score (nSPS) is 15.7. The summed E-state index contributed by atoms with van der Waals surface area (Å²) < 4.78 is 0.711. The second kappa shape index (κ2) is 4.20. The number of carboxylic acid groups (broad SMARTS) is 1. The Morgan fingerprint density at radius 2 is 2.12 bits per heavy atom. The van der Waals surface area contributed by atoms with Crippen LogP contribution in [0.25, 0.3) is 0 Å². The molecule has 0 atom stereocenters. The van der Waals surface area contributed by atoms with Crippen molar-refractivity contribution in [2.45, 2.75) is 0 Å². The highest BCUT2D eigenvalue weighted by Gasteiger charge is 2.34. The molecule has 0 bridgehead atoms. The second-order valence-electron chi connectivity index (χ2n) is 3.08. The molecule has 1 aromatic heterocycles. The van der Waals surface area contributed by atoms with Crippen molar-refractivity contribution in [3.63, 3.8) is 0 Å². The van der Waals surface area contributed by atoms with Crippen LogP contribution >= 0.6 is 22.6 Å². The van der Waals surface area contributed by atoms with Crippen molar-refractivity contribution < 1.29 is 14.7 Å². The van der Waals surface area contributed by atoms with E-state index in [-0.39, 0.29) is 6.54 Å². The summed E-state index contributed by atoms with van der Waals surface area (Å²) in [6.45, 7) is 0.461. The van der Waals surface area contributed by atoms with Crippen LogP contribution in [0.2, 0.25) is 0 Å². The van der Waals surface area contributed by atoms with Gasteiger partial charge in [0.2, 0.25) is 0 Å². The molecule has 1 aliphatic heterocycles. The van der Waals surface area contributed by atoms with E-state index in [0.29, 0.717) is 16.1 Å². The summed E-state index contributed by atoms with van der Waals surface area (Å²) in [5.41, 5.74) is 0. The molecule has 7 nitrogen and oxygen atoms in total. The molecule has 1 N–H and O–H groups in total. The highest BCUT2D eigenvalue weighted by atomic mass is 127. The molecule has 0 aromatic carbocycles. The smallest absolute Gasteiger partial charge is 0.415 e. The number of halogens is 1. The van der Waals surface area contributed by atoms with Gasteiger partial charge in [0, 0.05) is 6.54 Å². The SMILES string of the molecule is O=C(O)N1CCN(c2ccc(I)nn2)C1=O. The van der Waals surface area contributed by atoms with Gasteiger partial charge in [-0.25, -0.2) is 14.5 Å². The number of nitrogens with zero attached hydrogens (tertiary/aromatic N) is 4. The number of carbonyl (C=O) groups excluding carboxylic acids is 1. The first-order valence-electron chi connectivity index (χ1n) is 4.41. The zero-order valence-corrected chi connectivity index (χ0v) is 10.2. The molecule has 0 radical (unpaired) electrons. The topological polar surface area (TPSA) is 86.6 Å². The number of imide groups is 1. The summed E-state index contributed by atoms with van der Waals surface area (Å²) in [7, 11) is 0. The van der Waals surface area contributed by atoms with E-state index < -0.39 is 12.1 Å². The summed E-state index contributed by atoms with van der Waals surface area (Å²) >= 11 is 2.00. The van der Waals surface area contributed by atoms with Crippen LogP contribution in [0.3, 0.4) is 0 Å². The van der Waals surface area contributed by atoms with Gasteiger partial charge in [0.1, 0.15) is 3.70 Å². The van der Waals surface area contributed by atoms with Gasteiger partial charge in [-0.1, -0.05) is 0 Å². The molecule has 1 saturated heterocycles. The molecule has 2 heterocycles. The molecule has 1 aromatic rings. The first kappa shape index (κ1) is 11.0. The molecular formula is C8H7IN4O3. The van der Waals surface area contributed by atoms with Crippen molar-refractivity contribution >= 4 is 40.5 Å². The molecule has 1 fully saturated rings. The Balaban J connectivity index is 2.21. The van der Waals surface area contributed by atoms with Gasteiger partial charge in [0.05, 0.1) is 6.54 Å². The van der Waals surface area contributed by atoms with Gasteiger partial charge in [-0.15, -0.1) is 10.2 Å². The van der Waals surface area contributed by atoms with Gasteiger partial charge in [-0.3, -0.25) is 4.90 Å². The quantitative estimate of drug-likeness (QED) is 0.775. The maximum atomic E-state index is 11.6. The Morgan fingerprint density at radius 3 is 2.62 bits per heavy atom. The maximum absolute atomic E-state index is 11.6. The number of anilines is 1. The summed E-state index contributed by atoms with van der Waals surface area (Å²) in [5, 5.41) is 16.4. The Labute approximate surface area is 104 Å². The van der Waals surface area contributed by atoms with Crippen LogP contribution in [-0.4, -0.2) is 45.4 Å². The minimum absolute atomic E-state index is 0.155. The second-order valence-corrected chi connectivity index (χ2v) is 4.19. The van der Waals surface area contributed by atoms with Gasteiger partial charge in [-0.05, 0) is 34.7 Å². The molecule has 0 spiro atoms. The van der Waals surface area contributed by atoms with E-state index in [1.807, 2.05) is 22.6 Å². The largest absolute Gasteiger partial charge is 0.465 e. The van der Waals surface area contributed by atoms with Crippen molar-refractivity contribution in [2.75, 3.05) is 18.0 Å². The van der Waals surface area contributed by atoms with Crippen LogP contribution in [0.4, 0.5) is 15.4 Å². The lowest BCUT2D eigenvalue weighted by Crippen LogP contribution is -2.35. The lowest BCUT2D eigenvalue weighted by molar-refractivity contribution is 0.158. The number of aromatic nitrogens is 2. The lowest BCUT2D eigenvalue weighted by atomic mass is 10.5. The number of carbonyl (C=O) groups is 2. The average Bonchev–Trinajstić information content (AvgIpc) is 2.61. The fraction of sp³-hybridized carbons (Fsp3) is 0.250. The lowest BCUT2D eigenvalue weighted by Gasteiger charge is -2.13. The molecule has 1 aliphatic rings. The summed E-state index contributed by atoms with van der Waals surface area (Å²) in [6.07, 6.45) is -1.24. The van der Waals surface area contributed by atoms with E-state index in [9.17, 15) is 9.59 Å². The molecule has 84 valence electrons. The summed E-state index contributed by atoms with van der Waals surface area (Å²) in [5.74, 6) is 0.370. The van der Waals surface area contributed by atoms with Crippen LogP contribution in [0.5, 0.6) is 0 Å². The molecule has 3 amide bonds. The van der Waals surface area contributed by atoms with Crippen molar-refractivity contribution in [3.8, 4) is 0 Å². The van der Waals surface area contributed by atoms with E-state index in [4.69, 9.17) is 5.11 Å². The Kier molecular flexibility index (Phi) is 2.90. The number of urea groups is 1. The van der Waals surface area contributed by atoms with Crippen molar-refractivity contribution in [2.24, 2.45) is 0 Å². The number of amides is 3. The van der Waals surface area contributed by atoms with E-state index in [1.54, 1.807) is 12.1 Å². The summed E-state index contributed by atoms with van der Waals surface area (Å²) in [6, 6.07) is 2.76. The maximum Gasteiger partial charge on any atom is 0.415 e. The standard InChI is InChI=1S/C8H7IN4O3/c9-5-1-2-6(11-10-5)12-3-4-13(7(12)14)8(15)16/h1-2H,3-4H2,(H,15,16). The van der Waals surface area contributed by atoms with Gasteiger partial charge < -0.3 is 5.11 Å². The predicted octanol–water partition coefficient (Wildman–Crippen LogP) is 1.00. The molecule has 2 rings (SSSR count). The van der Waals surface area contributed by atoms with Crippen LogP contribution in [-0.2, 0) is 0 Å². The van der Waals surface area contributed by atoms with E-state index in [2.05, 4.69) is 10.2 Å². The van der Waals surface area contributed by atoms with Crippen molar-refractivity contribution in [1.29, 1.82) is 0 Å². The third-order valence-electron chi connectivity index (χ3n) is 2.13. The van der Waals surface area contributed by atoms with E-state index >= 15 is 0 Å². The Bertz CT molecular complexity index is 435. The minimum atomic E-state index is -1.24. The zero-order valence-electron chi connectivity index (χ0n) is 8.00. The van der Waals surface area contributed by atoms with Crippen molar-refractivity contribution in [1.82, 2.24) is 15.1 Å². The first-order chi connectivity index (χ1) is 7.59. The number of hydrogen-bond donors (Lipinski definition) is 1. The first-order valence-corrected chi connectivity index (χ1v) is 5.48. The Hall–Kier alpha value is -1.45. The number of rotatable bonds is 1. The van der Waals surface area contributed by atoms with Gasteiger partial charge in [-0.2, -0.15) is 0 Å². The average molecular weight is 334 g/mol. The summed E-state index contributed by atoms with van der Waals surface area (Å²) in [4.78, 5) is 24.4. The number of hydrogen-bond acceptors (Lipinski definition) is 4. The zero-order chi connectivity index (χ0) is 11.7. The van der Waals surface area contributed by atoms with Crippen LogP contribution < -0.4 is 4.90 Å². The van der Waals surface area contributed by atoms with Crippen LogP contribution in [0.1, 0.15) is 0 Å². The molecule has 0 saturated carbocycles. The Morgan fingerprint density at radius 1 is 1.38 bits per heavy atom. The molecular weight excluding hydrogens is 327 g/mol. The van der Waals surface area contributed by atoms with E-state index in [1.165, 1.54) is 4.90 Å². The monoisotopic (exact) mass is 334 g/mol. The van der Waals surface area contributed by atoms with Gasteiger partial charge in [0.15, 0.2) is 5.82 Å². The van der Waals surface area contributed by atoms with Crippen molar-refractivity contribution in [3.05, 3.63) is 15.8 Å². The predicted molar refractivity (Wildman–Crippen MR) is 62.2 cm³/mol. The highest BCUT2D eigenvalue weighted by Crippen LogP contribution is 2.17. The molecule has 0 unspecified atom stereocenters. The molecule has 0 aliphatic carbocycles. The van der Waals surface area contributed by atoms with Gasteiger partial charge >= 0.3 is 12.1 Å². The minimum Gasteiger partial charge on any atom is -0.465 e. The third kappa shape index (κ3) is 1.92. The third-order valence-corrected chi connectivity index (χ3v) is 2.71. The van der Waals surface area contributed by atoms with E-state index in [0.717, 1.165) is 4.90 Å². The molecule has 8 heteroatoms. The molecule has 16 heavy (non-hydrogen) atoms. The fourth-order valence-corrected chi connectivity index (χ4v) is 1.67. The highest BCUT2D eigenvalue weighted by molar-refractivity contribution is 14.1. The van der Waals surface area contributed by atoms with Crippen LogP contribution in [0, 0.1) is 3.70 Å².